The van der Waals surface area contributed by atoms with E-state index in [1.165, 1.54) is 17.4 Å². The van der Waals surface area contributed by atoms with Crippen LogP contribution in [0, 0.1) is 12.7 Å². The van der Waals surface area contributed by atoms with Crippen LogP contribution in [-0.4, -0.2) is 9.97 Å². The van der Waals surface area contributed by atoms with Gasteiger partial charge in [0.15, 0.2) is 0 Å². The summed E-state index contributed by atoms with van der Waals surface area (Å²) in [5.74, 6) is -0.423. The number of hydrogen-bond acceptors (Lipinski definition) is 4. The molecular weight excluding hydrogens is 375 g/mol. The zero-order chi connectivity index (χ0) is 17.4. The van der Waals surface area contributed by atoms with Crippen molar-refractivity contribution < 1.29 is 4.39 Å². The molecule has 4 rings (SSSR count). The summed E-state index contributed by atoms with van der Waals surface area (Å²) in [4.78, 5) is 10.4. The topological polar surface area (TPSA) is 25.8 Å². The summed E-state index contributed by atoms with van der Waals surface area (Å²) < 4.78 is 13.3. The van der Waals surface area contributed by atoms with Crippen molar-refractivity contribution in [2.24, 2.45) is 0 Å². The Morgan fingerprint density at radius 2 is 1.76 bits per heavy atom. The van der Waals surface area contributed by atoms with Crippen LogP contribution in [0.3, 0.4) is 0 Å². The summed E-state index contributed by atoms with van der Waals surface area (Å²) in [6, 6.07) is 14.8. The third-order valence-electron chi connectivity index (χ3n) is 3.72. The molecule has 0 bridgehead atoms. The van der Waals surface area contributed by atoms with Crippen molar-refractivity contribution in [3.8, 4) is 31.7 Å². The number of nitrogens with zero attached hydrogens (tertiary/aromatic N) is 2. The van der Waals surface area contributed by atoms with Gasteiger partial charge in [0.2, 0.25) is 0 Å². The molecule has 25 heavy (non-hydrogen) atoms. The fourth-order valence-electron chi connectivity index (χ4n) is 2.48. The number of hydrogen-bond donors (Lipinski definition) is 0. The van der Waals surface area contributed by atoms with E-state index in [0.29, 0.717) is 0 Å². The zero-order valence-corrected chi connectivity index (χ0v) is 15.6. The number of halogens is 2. The number of thiazole rings is 2. The van der Waals surface area contributed by atoms with Gasteiger partial charge in [0, 0.05) is 16.5 Å². The maximum absolute atomic E-state index is 13.3. The largest absolute Gasteiger partial charge is 0.241 e. The molecule has 6 heteroatoms. The molecule has 4 aromatic rings. The number of aryl methyl sites for hydroxylation is 1. The highest BCUT2D eigenvalue weighted by atomic mass is 35.5. The number of aromatic nitrogens is 2. The van der Waals surface area contributed by atoms with Crippen molar-refractivity contribution in [2.75, 3.05) is 0 Å². The Bertz CT molecular complexity index is 1040. The van der Waals surface area contributed by atoms with Gasteiger partial charge >= 0.3 is 0 Å². The molecule has 2 heterocycles. The summed E-state index contributed by atoms with van der Waals surface area (Å²) in [6.07, 6.45) is 0. The van der Waals surface area contributed by atoms with Crippen molar-refractivity contribution >= 4 is 34.3 Å². The fraction of sp³-hybridized carbons (Fsp3) is 0.0526. The molecule has 2 aromatic carbocycles. The highest BCUT2D eigenvalue weighted by molar-refractivity contribution is 7.19. The summed E-state index contributed by atoms with van der Waals surface area (Å²) in [5, 5.41) is 3.90. The van der Waals surface area contributed by atoms with Gasteiger partial charge in [-0.3, -0.25) is 0 Å². The van der Waals surface area contributed by atoms with Crippen molar-refractivity contribution in [2.45, 2.75) is 6.92 Å². The molecule has 2 nitrogen and oxygen atoms in total. The van der Waals surface area contributed by atoms with Gasteiger partial charge in [-0.1, -0.05) is 41.9 Å². The summed E-state index contributed by atoms with van der Waals surface area (Å²) >= 11 is 9.02. The van der Waals surface area contributed by atoms with Crippen LogP contribution >= 0.6 is 34.3 Å². The number of rotatable bonds is 3. The standard InChI is InChI=1S/C19H12ClFN2S2/c1-11-17(25-19(22-11)12-5-3-2-4-6-12)16-10-24-18(23-16)13-7-8-15(21)14(20)9-13/h2-10H,1H3. The molecule has 0 unspecified atom stereocenters. The van der Waals surface area contributed by atoms with E-state index in [4.69, 9.17) is 16.6 Å². The molecule has 0 atom stereocenters. The monoisotopic (exact) mass is 386 g/mol. The molecule has 0 aliphatic heterocycles. The van der Waals surface area contributed by atoms with Crippen LogP contribution < -0.4 is 0 Å². The predicted octanol–water partition coefficient (Wildman–Crippen LogP) is 6.70. The zero-order valence-electron chi connectivity index (χ0n) is 13.2. The van der Waals surface area contributed by atoms with E-state index >= 15 is 0 Å². The third kappa shape index (κ3) is 3.23. The molecular formula is C19H12ClFN2S2. The Labute approximate surface area is 157 Å². The average molecular weight is 387 g/mol. The normalized spacial score (nSPS) is 11.0. The first kappa shape index (κ1) is 16.4. The van der Waals surface area contributed by atoms with Crippen LogP contribution in [0.4, 0.5) is 4.39 Å². The van der Waals surface area contributed by atoms with Gasteiger partial charge in [-0.05, 0) is 25.1 Å². The van der Waals surface area contributed by atoms with E-state index < -0.39 is 5.82 Å². The lowest BCUT2D eigenvalue weighted by Crippen LogP contribution is -1.82. The summed E-state index contributed by atoms with van der Waals surface area (Å²) in [5.41, 5.74) is 3.76. The van der Waals surface area contributed by atoms with Gasteiger partial charge in [-0.25, -0.2) is 14.4 Å². The van der Waals surface area contributed by atoms with E-state index in [2.05, 4.69) is 17.1 Å². The molecule has 0 fully saturated rings. The smallest absolute Gasteiger partial charge is 0.141 e. The second-order valence-electron chi connectivity index (χ2n) is 5.47. The molecule has 0 radical (unpaired) electrons. The predicted molar refractivity (Wildman–Crippen MR) is 104 cm³/mol. The number of benzene rings is 2. The van der Waals surface area contributed by atoms with Gasteiger partial charge < -0.3 is 0 Å². The molecule has 0 saturated carbocycles. The summed E-state index contributed by atoms with van der Waals surface area (Å²) in [6.45, 7) is 1.99. The minimum atomic E-state index is -0.423. The van der Waals surface area contributed by atoms with E-state index in [0.717, 1.165) is 37.4 Å². The van der Waals surface area contributed by atoms with Crippen LogP contribution in [0.25, 0.3) is 31.7 Å². The maximum Gasteiger partial charge on any atom is 0.141 e. The van der Waals surface area contributed by atoms with Crippen LogP contribution in [0.1, 0.15) is 5.69 Å². The Balaban J connectivity index is 1.71. The lowest BCUT2D eigenvalue weighted by Gasteiger charge is -1.98. The van der Waals surface area contributed by atoms with Crippen molar-refractivity contribution in [1.29, 1.82) is 0 Å². The minimum Gasteiger partial charge on any atom is -0.241 e. The first-order valence-corrected chi connectivity index (χ1v) is 9.63. The molecule has 0 aliphatic carbocycles. The Kier molecular flexibility index (Phi) is 4.37. The van der Waals surface area contributed by atoms with Gasteiger partial charge in [-0.2, -0.15) is 0 Å². The molecule has 124 valence electrons. The lowest BCUT2D eigenvalue weighted by molar-refractivity contribution is 0.628. The van der Waals surface area contributed by atoms with Crippen LogP contribution in [0.15, 0.2) is 53.9 Å². The Hall–Kier alpha value is -2.08. The van der Waals surface area contributed by atoms with Gasteiger partial charge in [0.1, 0.15) is 15.8 Å². The van der Waals surface area contributed by atoms with E-state index in [1.54, 1.807) is 23.5 Å². The Morgan fingerprint density at radius 1 is 0.960 bits per heavy atom. The molecule has 0 N–H and O–H groups in total. The summed E-state index contributed by atoms with van der Waals surface area (Å²) in [7, 11) is 0. The molecule has 0 amide bonds. The van der Waals surface area contributed by atoms with E-state index in [1.807, 2.05) is 30.5 Å². The SMILES string of the molecule is Cc1nc(-c2ccccc2)sc1-c1csc(-c2ccc(F)c(Cl)c2)n1. The van der Waals surface area contributed by atoms with Crippen LogP contribution in [-0.2, 0) is 0 Å². The van der Waals surface area contributed by atoms with E-state index in [-0.39, 0.29) is 5.02 Å². The minimum absolute atomic E-state index is 0.106. The highest BCUT2D eigenvalue weighted by Crippen LogP contribution is 2.37. The average Bonchev–Trinajstić information content (AvgIpc) is 3.25. The first-order chi connectivity index (χ1) is 12.1. The first-order valence-electron chi connectivity index (χ1n) is 7.56. The second-order valence-corrected chi connectivity index (χ2v) is 7.73. The molecule has 0 aliphatic rings. The fourth-order valence-corrected chi connectivity index (χ4v) is 4.57. The van der Waals surface area contributed by atoms with Crippen LogP contribution in [0.5, 0.6) is 0 Å². The van der Waals surface area contributed by atoms with Crippen molar-refractivity contribution in [3.63, 3.8) is 0 Å². The Morgan fingerprint density at radius 3 is 2.52 bits per heavy atom. The highest BCUT2D eigenvalue weighted by Gasteiger charge is 2.15. The van der Waals surface area contributed by atoms with Crippen LogP contribution in [0.2, 0.25) is 5.02 Å². The second kappa shape index (κ2) is 6.67. The van der Waals surface area contributed by atoms with E-state index in [9.17, 15) is 4.39 Å². The molecule has 2 aromatic heterocycles. The van der Waals surface area contributed by atoms with Gasteiger partial charge in [-0.15, -0.1) is 22.7 Å². The molecule has 0 spiro atoms. The lowest BCUT2D eigenvalue weighted by atomic mass is 10.2. The van der Waals surface area contributed by atoms with Crippen molar-refractivity contribution in [3.05, 3.63) is 70.4 Å². The van der Waals surface area contributed by atoms with Crippen molar-refractivity contribution in [1.82, 2.24) is 9.97 Å². The van der Waals surface area contributed by atoms with Gasteiger partial charge in [0.25, 0.3) is 0 Å². The molecule has 0 saturated heterocycles. The van der Waals surface area contributed by atoms with Gasteiger partial charge in [0.05, 0.1) is 21.3 Å². The maximum atomic E-state index is 13.3. The third-order valence-corrected chi connectivity index (χ3v) is 6.13. The quantitative estimate of drug-likeness (QED) is 0.391.